The number of hydrogen-bond donors (Lipinski definition) is 0. The molecule has 0 saturated carbocycles. The Balaban J connectivity index is 1.70. The molecule has 2 aliphatic heterocycles. The largest absolute Gasteiger partial charge is 0.311 e. The minimum atomic E-state index is 0.224. The van der Waals surface area contributed by atoms with Crippen molar-refractivity contribution in [2.24, 2.45) is 0 Å². The molecule has 108 valence electrons. The molecule has 2 heterocycles. The van der Waals surface area contributed by atoms with E-state index in [1.165, 1.54) is 37.9 Å². The molecular formula is C16H21BrN2O. The lowest BCUT2D eigenvalue weighted by atomic mass is 10.1. The Kier molecular flexibility index (Phi) is 4.41. The molecule has 0 aromatic heterocycles. The second-order valence-electron chi connectivity index (χ2n) is 5.81. The minimum absolute atomic E-state index is 0.224. The SMILES string of the molecule is O=C1CC(Br)CN1c1cccc(CN2CCCCC2)c1. The van der Waals surface area contributed by atoms with Crippen molar-refractivity contribution in [3.05, 3.63) is 29.8 Å². The number of anilines is 1. The van der Waals surface area contributed by atoms with Crippen molar-refractivity contribution < 1.29 is 4.79 Å². The molecule has 4 heteroatoms. The molecule has 2 aliphatic rings. The van der Waals surface area contributed by atoms with E-state index in [1.54, 1.807) is 0 Å². The van der Waals surface area contributed by atoms with Gasteiger partial charge in [0, 0.05) is 30.0 Å². The lowest BCUT2D eigenvalue weighted by molar-refractivity contribution is -0.117. The Morgan fingerprint density at radius 2 is 2.00 bits per heavy atom. The van der Waals surface area contributed by atoms with E-state index in [0.29, 0.717) is 11.2 Å². The summed E-state index contributed by atoms with van der Waals surface area (Å²) in [6, 6.07) is 8.47. The molecular weight excluding hydrogens is 316 g/mol. The Labute approximate surface area is 129 Å². The molecule has 1 aromatic rings. The van der Waals surface area contributed by atoms with Gasteiger partial charge in [-0.2, -0.15) is 0 Å². The van der Waals surface area contributed by atoms with Gasteiger partial charge in [0.05, 0.1) is 0 Å². The second-order valence-corrected chi connectivity index (χ2v) is 7.11. The number of carbonyl (C=O) groups is 1. The lowest BCUT2D eigenvalue weighted by Crippen LogP contribution is -2.29. The fourth-order valence-electron chi connectivity index (χ4n) is 3.11. The van der Waals surface area contributed by atoms with Gasteiger partial charge in [0.1, 0.15) is 0 Å². The molecule has 0 radical (unpaired) electrons. The van der Waals surface area contributed by atoms with Crippen molar-refractivity contribution in [2.75, 3.05) is 24.5 Å². The van der Waals surface area contributed by atoms with E-state index in [9.17, 15) is 4.79 Å². The normalized spacial score (nSPS) is 24.4. The van der Waals surface area contributed by atoms with Gasteiger partial charge in [0.15, 0.2) is 0 Å². The van der Waals surface area contributed by atoms with Crippen molar-refractivity contribution in [1.82, 2.24) is 4.90 Å². The van der Waals surface area contributed by atoms with E-state index in [1.807, 2.05) is 11.0 Å². The van der Waals surface area contributed by atoms with Crippen LogP contribution in [0.1, 0.15) is 31.2 Å². The van der Waals surface area contributed by atoms with Crippen LogP contribution in [0.15, 0.2) is 24.3 Å². The van der Waals surface area contributed by atoms with Crippen LogP contribution in [0.25, 0.3) is 0 Å². The second kappa shape index (κ2) is 6.27. The first-order chi connectivity index (χ1) is 9.72. The zero-order chi connectivity index (χ0) is 13.9. The molecule has 0 spiro atoms. The topological polar surface area (TPSA) is 23.6 Å². The van der Waals surface area contributed by atoms with Gasteiger partial charge in [-0.3, -0.25) is 9.69 Å². The van der Waals surface area contributed by atoms with E-state index in [2.05, 4.69) is 39.0 Å². The number of piperidine rings is 1. The maximum Gasteiger partial charge on any atom is 0.228 e. The third-order valence-corrected chi connectivity index (χ3v) is 4.77. The van der Waals surface area contributed by atoms with Gasteiger partial charge >= 0.3 is 0 Å². The minimum Gasteiger partial charge on any atom is -0.311 e. The first-order valence-corrected chi connectivity index (χ1v) is 8.40. The summed E-state index contributed by atoms with van der Waals surface area (Å²) in [4.78, 5) is 16.7. The summed E-state index contributed by atoms with van der Waals surface area (Å²) in [6.07, 6.45) is 4.60. The Morgan fingerprint density at radius 3 is 2.70 bits per heavy atom. The van der Waals surface area contributed by atoms with Gasteiger partial charge in [0.2, 0.25) is 5.91 Å². The Hall–Kier alpha value is -0.870. The first kappa shape index (κ1) is 14.1. The van der Waals surface area contributed by atoms with Gasteiger partial charge in [0.25, 0.3) is 0 Å². The molecule has 2 saturated heterocycles. The average Bonchev–Trinajstić information content (AvgIpc) is 2.79. The fraction of sp³-hybridized carbons (Fsp3) is 0.562. The molecule has 3 nitrogen and oxygen atoms in total. The smallest absolute Gasteiger partial charge is 0.228 e. The number of alkyl halides is 1. The number of nitrogens with zero attached hydrogens (tertiary/aromatic N) is 2. The van der Waals surface area contributed by atoms with Crippen molar-refractivity contribution in [3.8, 4) is 0 Å². The molecule has 0 N–H and O–H groups in total. The van der Waals surface area contributed by atoms with Crippen molar-refractivity contribution in [1.29, 1.82) is 0 Å². The van der Waals surface area contributed by atoms with Crippen molar-refractivity contribution in [2.45, 2.75) is 37.1 Å². The van der Waals surface area contributed by atoms with Gasteiger partial charge in [-0.15, -0.1) is 0 Å². The third-order valence-electron chi connectivity index (χ3n) is 4.15. The number of benzene rings is 1. The number of amides is 1. The first-order valence-electron chi connectivity index (χ1n) is 7.48. The van der Waals surface area contributed by atoms with Crippen LogP contribution in [-0.4, -0.2) is 35.3 Å². The number of carbonyl (C=O) groups excluding carboxylic acids is 1. The van der Waals surface area contributed by atoms with E-state index in [-0.39, 0.29) is 5.91 Å². The van der Waals surface area contributed by atoms with Crippen molar-refractivity contribution >= 4 is 27.5 Å². The molecule has 2 fully saturated rings. The van der Waals surface area contributed by atoms with E-state index >= 15 is 0 Å². The summed E-state index contributed by atoms with van der Waals surface area (Å²) in [5.74, 6) is 0.224. The van der Waals surface area contributed by atoms with E-state index in [0.717, 1.165) is 18.8 Å². The lowest BCUT2D eigenvalue weighted by Gasteiger charge is -2.27. The number of hydrogen-bond acceptors (Lipinski definition) is 2. The predicted molar refractivity (Wildman–Crippen MR) is 85.3 cm³/mol. The molecule has 1 atom stereocenters. The summed E-state index contributed by atoms with van der Waals surface area (Å²) in [7, 11) is 0. The molecule has 0 aliphatic carbocycles. The Morgan fingerprint density at radius 1 is 1.20 bits per heavy atom. The van der Waals surface area contributed by atoms with Crippen LogP contribution in [0, 0.1) is 0 Å². The van der Waals surface area contributed by atoms with Crippen LogP contribution < -0.4 is 4.90 Å². The van der Waals surface area contributed by atoms with Crippen LogP contribution in [0.5, 0.6) is 0 Å². The highest BCUT2D eigenvalue weighted by atomic mass is 79.9. The van der Waals surface area contributed by atoms with E-state index in [4.69, 9.17) is 0 Å². The van der Waals surface area contributed by atoms with Crippen LogP contribution in [-0.2, 0) is 11.3 Å². The monoisotopic (exact) mass is 336 g/mol. The number of rotatable bonds is 3. The zero-order valence-electron chi connectivity index (χ0n) is 11.7. The standard InChI is InChI=1S/C16H21BrN2O/c17-14-10-16(20)19(12-14)15-6-4-5-13(9-15)11-18-7-2-1-3-8-18/h4-6,9,14H,1-3,7-8,10-12H2. The summed E-state index contributed by atoms with van der Waals surface area (Å²) in [5, 5.41) is 0. The summed E-state index contributed by atoms with van der Waals surface area (Å²) in [5.41, 5.74) is 2.36. The maximum absolute atomic E-state index is 12.0. The van der Waals surface area contributed by atoms with Crippen LogP contribution in [0.3, 0.4) is 0 Å². The van der Waals surface area contributed by atoms with Gasteiger partial charge in [-0.05, 0) is 43.6 Å². The highest BCUT2D eigenvalue weighted by Gasteiger charge is 2.28. The van der Waals surface area contributed by atoms with Gasteiger partial charge in [-0.1, -0.05) is 34.5 Å². The molecule has 1 amide bonds. The summed E-state index contributed by atoms with van der Waals surface area (Å²) >= 11 is 3.54. The number of likely N-dealkylation sites (tertiary alicyclic amines) is 1. The summed E-state index contributed by atoms with van der Waals surface area (Å²) in [6.45, 7) is 4.20. The Bertz CT molecular complexity index is 485. The summed E-state index contributed by atoms with van der Waals surface area (Å²) < 4.78 is 0. The zero-order valence-corrected chi connectivity index (χ0v) is 13.3. The van der Waals surface area contributed by atoms with Crippen LogP contribution in [0.2, 0.25) is 0 Å². The molecule has 1 aromatic carbocycles. The van der Waals surface area contributed by atoms with E-state index < -0.39 is 0 Å². The van der Waals surface area contributed by atoms with Gasteiger partial charge in [-0.25, -0.2) is 0 Å². The highest BCUT2D eigenvalue weighted by Crippen LogP contribution is 2.26. The molecule has 3 rings (SSSR count). The third kappa shape index (κ3) is 3.23. The predicted octanol–water partition coefficient (Wildman–Crippen LogP) is 3.17. The van der Waals surface area contributed by atoms with Crippen LogP contribution in [0.4, 0.5) is 5.69 Å². The highest BCUT2D eigenvalue weighted by molar-refractivity contribution is 9.09. The fourth-order valence-corrected chi connectivity index (χ4v) is 3.68. The van der Waals surface area contributed by atoms with Gasteiger partial charge < -0.3 is 4.90 Å². The molecule has 0 bridgehead atoms. The molecule has 1 unspecified atom stereocenters. The molecule has 20 heavy (non-hydrogen) atoms. The number of halogens is 1. The van der Waals surface area contributed by atoms with Crippen LogP contribution >= 0.6 is 15.9 Å². The maximum atomic E-state index is 12.0. The van der Waals surface area contributed by atoms with Crippen molar-refractivity contribution in [3.63, 3.8) is 0 Å². The average molecular weight is 337 g/mol. The quantitative estimate of drug-likeness (QED) is 0.791.